The lowest BCUT2D eigenvalue weighted by Crippen LogP contribution is -2.14. The van der Waals surface area contributed by atoms with Gasteiger partial charge < -0.3 is 10.5 Å². The number of nitrogens with two attached hydrogens (primary N) is 1. The van der Waals surface area contributed by atoms with Crippen molar-refractivity contribution >= 4 is 5.84 Å². The van der Waals surface area contributed by atoms with Crippen LogP contribution >= 0.6 is 0 Å². The molecule has 3 heteroatoms. The first kappa shape index (κ1) is 11.6. The van der Waals surface area contributed by atoms with Crippen LogP contribution in [0.2, 0.25) is 0 Å². The monoisotopic (exact) mass is 206 g/mol. The van der Waals surface area contributed by atoms with Gasteiger partial charge in [-0.1, -0.05) is 32.0 Å². The molecule has 1 aromatic rings. The smallest absolute Gasteiger partial charge is 0.122 e. The molecule has 0 atom stereocenters. The van der Waals surface area contributed by atoms with Crippen molar-refractivity contribution in [3.63, 3.8) is 0 Å². The molecule has 1 rings (SSSR count). The van der Waals surface area contributed by atoms with Gasteiger partial charge in [0.25, 0.3) is 0 Å². The summed E-state index contributed by atoms with van der Waals surface area (Å²) in [5.41, 5.74) is 6.45. The zero-order chi connectivity index (χ0) is 11.3. The minimum absolute atomic E-state index is 0.164. The molecule has 0 aliphatic rings. The number of rotatable bonds is 5. The van der Waals surface area contributed by atoms with E-state index in [0.717, 1.165) is 5.75 Å². The number of hydrogen-bond acceptors (Lipinski definition) is 2. The van der Waals surface area contributed by atoms with E-state index < -0.39 is 0 Å². The van der Waals surface area contributed by atoms with Gasteiger partial charge in [-0.3, -0.25) is 5.41 Å². The Morgan fingerprint density at radius 3 is 2.67 bits per heavy atom. The highest BCUT2D eigenvalue weighted by Crippen LogP contribution is 2.25. The van der Waals surface area contributed by atoms with E-state index in [0.29, 0.717) is 18.9 Å². The number of hydrogen-bond donors (Lipinski definition) is 2. The van der Waals surface area contributed by atoms with Crippen molar-refractivity contribution in [2.45, 2.75) is 26.2 Å². The Morgan fingerprint density at radius 1 is 1.40 bits per heavy atom. The summed E-state index contributed by atoms with van der Waals surface area (Å²) < 4.78 is 5.59. The molecular weight excluding hydrogens is 188 g/mol. The second kappa shape index (κ2) is 5.39. The number of ether oxygens (including phenoxy) is 1. The molecule has 0 aliphatic heterocycles. The largest absolute Gasteiger partial charge is 0.493 e. The summed E-state index contributed by atoms with van der Waals surface area (Å²) in [5.74, 6) is 1.50. The van der Waals surface area contributed by atoms with E-state index in [1.54, 1.807) is 0 Å². The summed E-state index contributed by atoms with van der Waals surface area (Å²) in [6, 6.07) is 7.98. The predicted molar refractivity (Wildman–Crippen MR) is 62.6 cm³/mol. The Kier molecular flexibility index (Phi) is 4.16. The Hall–Kier alpha value is -1.51. The van der Waals surface area contributed by atoms with Crippen molar-refractivity contribution < 1.29 is 4.74 Å². The van der Waals surface area contributed by atoms with Gasteiger partial charge in [0, 0.05) is 6.42 Å². The molecule has 0 amide bonds. The Balaban J connectivity index is 2.63. The fourth-order valence-corrected chi connectivity index (χ4v) is 1.36. The van der Waals surface area contributed by atoms with Crippen molar-refractivity contribution in [2.75, 3.05) is 6.61 Å². The number of para-hydroxylation sites is 1. The molecule has 0 bridgehead atoms. The maximum Gasteiger partial charge on any atom is 0.122 e. The Bertz CT molecular complexity index is 334. The van der Waals surface area contributed by atoms with E-state index in [2.05, 4.69) is 19.9 Å². The molecule has 0 unspecified atom stereocenters. The molecule has 0 fully saturated rings. The lowest BCUT2D eigenvalue weighted by Gasteiger charge is -2.13. The van der Waals surface area contributed by atoms with Crippen LogP contribution < -0.4 is 10.5 Å². The van der Waals surface area contributed by atoms with Gasteiger partial charge in [0.05, 0.1) is 12.4 Å². The van der Waals surface area contributed by atoms with Crippen LogP contribution in [0.5, 0.6) is 5.75 Å². The van der Waals surface area contributed by atoms with Crippen LogP contribution in [0.1, 0.15) is 31.7 Å². The van der Waals surface area contributed by atoms with E-state index in [9.17, 15) is 0 Å². The molecule has 0 aromatic heterocycles. The highest BCUT2D eigenvalue weighted by atomic mass is 16.5. The van der Waals surface area contributed by atoms with E-state index in [1.807, 2.05) is 18.2 Å². The van der Waals surface area contributed by atoms with Crippen LogP contribution in [0.25, 0.3) is 0 Å². The molecular formula is C12H18N2O. The van der Waals surface area contributed by atoms with E-state index in [-0.39, 0.29) is 5.84 Å². The summed E-state index contributed by atoms with van der Waals surface area (Å²) in [4.78, 5) is 0. The van der Waals surface area contributed by atoms with Gasteiger partial charge in [0.15, 0.2) is 0 Å². The van der Waals surface area contributed by atoms with Crippen LogP contribution in [0, 0.1) is 5.41 Å². The summed E-state index contributed by atoms with van der Waals surface area (Å²) in [6.07, 6.45) is 0.479. The molecule has 0 saturated carbocycles. The minimum atomic E-state index is 0.164. The van der Waals surface area contributed by atoms with Crippen molar-refractivity contribution in [3.8, 4) is 5.75 Å². The van der Waals surface area contributed by atoms with Gasteiger partial charge in [-0.05, 0) is 17.5 Å². The van der Waals surface area contributed by atoms with Crippen LogP contribution in [0.4, 0.5) is 0 Å². The highest BCUT2D eigenvalue weighted by Gasteiger charge is 2.06. The summed E-state index contributed by atoms with van der Waals surface area (Å²) in [6.45, 7) is 4.74. The van der Waals surface area contributed by atoms with Gasteiger partial charge in [0.1, 0.15) is 5.75 Å². The highest BCUT2D eigenvalue weighted by molar-refractivity contribution is 5.76. The fraction of sp³-hybridized carbons (Fsp3) is 0.417. The minimum Gasteiger partial charge on any atom is -0.493 e. The number of amidine groups is 1. The van der Waals surface area contributed by atoms with Gasteiger partial charge in [-0.25, -0.2) is 0 Å². The molecule has 0 spiro atoms. The third kappa shape index (κ3) is 3.62. The first-order chi connectivity index (χ1) is 7.11. The lowest BCUT2D eigenvalue weighted by atomic mass is 10.0. The first-order valence-electron chi connectivity index (χ1n) is 5.16. The quantitative estimate of drug-likeness (QED) is 0.574. The zero-order valence-electron chi connectivity index (χ0n) is 9.29. The topological polar surface area (TPSA) is 59.1 Å². The maximum absolute atomic E-state index is 7.10. The summed E-state index contributed by atoms with van der Waals surface area (Å²) >= 11 is 0. The first-order valence-corrected chi connectivity index (χ1v) is 5.16. The van der Waals surface area contributed by atoms with Crippen LogP contribution in [0.15, 0.2) is 24.3 Å². The average molecular weight is 206 g/mol. The van der Waals surface area contributed by atoms with Crippen LogP contribution in [0.3, 0.4) is 0 Å². The Morgan fingerprint density at radius 2 is 2.07 bits per heavy atom. The van der Waals surface area contributed by atoms with Gasteiger partial charge in [0.2, 0.25) is 0 Å². The van der Waals surface area contributed by atoms with Crippen molar-refractivity contribution in [1.82, 2.24) is 0 Å². The summed E-state index contributed by atoms with van der Waals surface area (Å²) in [5, 5.41) is 7.10. The molecule has 3 nitrogen and oxygen atoms in total. The van der Waals surface area contributed by atoms with Gasteiger partial charge in [-0.2, -0.15) is 0 Å². The third-order valence-corrected chi connectivity index (χ3v) is 2.17. The van der Waals surface area contributed by atoms with Gasteiger partial charge in [-0.15, -0.1) is 0 Å². The van der Waals surface area contributed by atoms with E-state index in [1.165, 1.54) is 5.56 Å². The molecule has 1 aromatic carbocycles. The van der Waals surface area contributed by atoms with Crippen LogP contribution in [-0.2, 0) is 0 Å². The number of benzene rings is 1. The fourth-order valence-electron chi connectivity index (χ4n) is 1.36. The number of nitrogens with one attached hydrogen (secondary N) is 1. The molecule has 0 heterocycles. The predicted octanol–water partition coefficient (Wildman–Crippen LogP) is 2.51. The average Bonchev–Trinajstić information content (AvgIpc) is 2.17. The third-order valence-electron chi connectivity index (χ3n) is 2.17. The zero-order valence-corrected chi connectivity index (χ0v) is 9.29. The van der Waals surface area contributed by atoms with Crippen LogP contribution in [-0.4, -0.2) is 12.4 Å². The molecule has 0 radical (unpaired) electrons. The van der Waals surface area contributed by atoms with E-state index in [4.69, 9.17) is 15.9 Å². The second-order valence-corrected chi connectivity index (χ2v) is 3.82. The van der Waals surface area contributed by atoms with Crippen molar-refractivity contribution in [1.29, 1.82) is 5.41 Å². The summed E-state index contributed by atoms with van der Waals surface area (Å²) in [7, 11) is 0. The lowest BCUT2D eigenvalue weighted by molar-refractivity contribution is 0.324. The molecule has 0 saturated heterocycles. The van der Waals surface area contributed by atoms with Crippen molar-refractivity contribution in [3.05, 3.63) is 29.8 Å². The van der Waals surface area contributed by atoms with Crippen molar-refractivity contribution in [2.24, 2.45) is 5.73 Å². The molecule has 82 valence electrons. The molecule has 15 heavy (non-hydrogen) atoms. The standard InChI is InChI=1S/C12H18N2O/c1-9(2)10-5-3-4-6-11(10)15-8-7-12(13)14/h3-6,9H,7-8H2,1-2H3,(H3,13,14). The second-order valence-electron chi connectivity index (χ2n) is 3.82. The van der Waals surface area contributed by atoms with E-state index >= 15 is 0 Å². The SMILES string of the molecule is CC(C)c1ccccc1OCCC(=N)N. The van der Waals surface area contributed by atoms with Gasteiger partial charge >= 0.3 is 0 Å². The Labute approximate surface area is 90.8 Å². The molecule has 0 aliphatic carbocycles. The molecule has 3 N–H and O–H groups in total. The normalized spacial score (nSPS) is 10.3. The maximum atomic E-state index is 7.10.